The van der Waals surface area contributed by atoms with Crippen molar-refractivity contribution in [1.82, 2.24) is 10.0 Å². The molecule has 0 saturated carbocycles. The first kappa shape index (κ1) is 19.8. The van der Waals surface area contributed by atoms with E-state index >= 15 is 0 Å². The zero-order chi connectivity index (χ0) is 19.8. The highest BCUT2D eigenvalue weighted by atomic mass is 32.2. The minimum atomic E-state index is -3.58. The summed E-state index contributed by atoms with van der Waals surface area (Å²) in [4.78, 5) is 13.1. The summed E-state index contributed by atoms with van der Waals surface area (Å²) in [5.41, 5.74) is 1.77. The monoisotopic (exact) mass is 394 g/mol. The van der Waals surface area contributed by atoms with Gasteiger partial charge in [0.15, 0.2) is 0 Å². The smallest absolute Gasteiger partial charge is 0.240 e. The molecule has 0 spiro atoms. The second kappa shape index (κ2) is 9.30. The average molecular weight is 394 g/mol. The summed E-state index contributed by atoms with van der Waals surface area (Å²) < 4.78 is 27.0. The molecule has 5 nitrogen and oxygen atoms in total. The van der Waals surface area contributed by atoms with E-state index < -0.39 is 15.9 Å². The molecule has 1 amide bonds. The Balaban J connectivity index is 1.63. The number of nitrogens with one attached hydrogen (secondary N) is 2. The van der Waals surface area contributed by atoms with Crippen LogP contribution in [0.25, 0.3) is 0 Å². The second-order valence-electron chi connectivity index (χ2n) is 6.26. The Hall–Kier alpha value is -2.96. The molecule has 3 aromatic carbocycles. The Labute approximate surface area is 165 Å². The summed E-state index contributed by atoms with van der Waals surface area (Å²) in [6.45, 7) is 0.306. The van der Waals surface area contributed by atoms with Gasteiger partial charge in [-0.1, -0.05) is 78.9 Å². The molecule has 0 aliphatic rings. The summed E-state index contributed by atoms with van der Waals surface area (Å²) in [5.74, 6) is -0.621. The topological polar surface area (TPSA) is 75.3 Å². The molecular weight excluding hydrogens is 372 g/mol. The van der Waals surface area contributed by atoms with E-state index in [1.165, 1.54) is 12.1 Å². The second-order valence-corrected chi connectivity index (χ2v) is 8.02. The van der Waals surface area contributed by atoms with Gasteiger partial charge in [-0.3, -0.25) is 4.79 Å². The standard InChI is InChI=1S/C22H22N2O3S/c25-22(23-16-17-24-28(26,27)20-14-8-3-9-15-20)21(18-10-4-1-5-11-18)19-12-6-2-7-13-19/h1-15,21,24H,16-17H2,(H,23,25). The van der Waals surface area contributed by atoms with Crippen LogP contribution >= 0.6 is 0 Å². The van der Waals surface area contributed by atoms with Gasteiger partial charge in [-0.05, 0) is 23.3 Å². The van der Waals surface area contributed by atoms with Crippen LogP contribution in [0.1, 0.15) is 17.0 Å². The average Bonchev–Trinajstić information content (AvgIpc) is 2.74. The molecule has 144 valence electrons. The number of amides is 1. The highest BCUT2D eigenvalue weighted by Crippen LogP contribution is 2.24. The molecule has 0 radical (unpaired) electrons. The minimum Gasteiger partial charge on any atom is -0.354 e. The maximum absolute atomic E-state index is 12.9. The van der Waals surface area contributed by atoms with Crippen LogP contribution in [0.4, 0.5) is 0 Å². The number of carbonyl (C=O) groups is 1. The van der Waals surface area contributed by atoms with Crippen LogP contribution in [0.2, 0.25) is 0 Å². The molecular formula is C22H22N2O3S. The molecule has 0 saturated heterocycles. The third-order valence-electron chi connectivity index (χ3n) is 4.30. The van der Waals surface area contributed by atoms with Crippen molar-refractivity contribution in [3.05, 3.63) is 102 Å². The number of rotatable bonds is 8. The lowest BCUT2D eigenvalue weighted by atomic mass is 9.90. The van der Waals surface area contributed by atoms with Crippen LogP contribution in [-0.4, -0.2) is 27.4 Å². The predicted molar refractivity (Wildman–Crippen MR) is 109 cm³/mol. The van der Waals surface area contributed by atoms with Crippen molar-refractivity contribution in [3.8, 4) is 0 Å². The van der Waals surface area contributed by atoms with Gasteiger partial charge in [0.25, 0.3) is 0 Å². The summed E-state index contributed by atoms with van der Waals surface area (Å²) >= 11 is 0. The molecule has 0 bridgehead atoms. The lowest BCUT2D eigenvalue weighted by molar-refractivity contribution is -0.121. The first-order valence-electron chi connectivity index (χ1n) is 9.00. The summed E-state index contributed by atoms with van der Waals surface area (Å²) in [6.07, 6.45) is 0. The molecule has 3 aromatic rings. The molecule has 0 atom stereocenters. The zero-order valence-electron chi connectivity index (χ0n) is 15.3. The number of benzene rings is 3. The fourth-order valence-electron chi connectivity index (χ4n) is 2.94. The van der Waals surface area contributed by atoms with Crippen molar-refractivity contribution < 1.29 is 13.2 Å². The lowest BCUT2D eigenvalue weighted by Gasteiger charge is -2.18. The number of hydrogen-bond acceptors (Lipinski definition) is 3. The fourth-order valence-corrected chi connectivity index (χ4v) is 4.00. The van der Waals surface area contributed by atoms with Crippen molar-refractivity contribution in [3.63, 3.8) is 0 Å². The van der Waals surface area contributed by atoms with Crippen LogP contribution in [0, 0.1) is 0 Å². The quantitative estimate of drug-likeness (QED) is 0.577. The Morgan fingerprint density at radius 3 is 1.68 bits per heavy atom. The Morgan fingerprint density at radius 2 is 1.18 bits per heavy atom. The summed E-state index contributed by atoms with van der Waals surface area (Å²) in [6, 6.07) is 27.2. The highest BCUT2D eigenvalue weighted by Gasteiger charge is 2.22. The van der Waals surface area contributed by atoms with Crippen molar-refractivity contribution in [2.45, 2.75) is 10.8 Å². The highest BCUT2D eigenvalue weighted by molar-refractivity contribution is 7.89. The van der Waals surface area contributed by atoms with Gasteiger partial charge in [0.05, 0.1) is 10.8 Å². The van der Waals surface area contributed by atoms with Gasteiger partial charge in [0.2, 0.25) is 15.9 Å². The van der Waals surface area contributed by atoms with Gasteiger partial charge in [0, 0.05) is 13.1 Å². The Kier molecular flexibility index (Phi) is 6.57. The van der Waals surface area contributed by atoms with E-state index in [9.17, 15) is 13.2 Å². The van der Waals surface area contributed by atoms with Crippen LogP contribution in [0.5, 0.6) is 0 Å². The molecule has 0 unspecified atom stereocenters. The summed E-state index contributed by atoms with van der Waals surface area (Å²) in [7, 11) is -3.58. The molecule has 3 rings (SSSR count). The van der Waals surface area contributed by atoms with Crippen molar-refractivity contribution in [1.29, 1.82) is 0 Å². The van der Waals surface area contributed by atoms with Crippen LogP contribution in [0.15, 0.2) is 95.9 Å². The summed E-state index contributed by atoms with van der Waals surface area (Å²) in [5, 5.41) is 2.84. The largest absolute Gasteiger partial charge is 0.354 e. The third-order valence-corrected chi connectivity index (χ3v) is 5.77. The van der Waals surface area contributed by atoms with E-state index in [4.69, 9.17) is 0 Å². The van der Waals surface area contributed by atoms with Gasteiger partial charge in [0.1, 0.15) is 0 Å². The normalized spacial score (nSPS) is 11.3. The molecule has 0 aliphatic heterocycles. The van der Waals surface area contributed by atoms with E-state index in [-0.39, 0.29) is 23.9 Å². The molecule has 0 heterocycles. The Bertz CT molecular complexity index is 952. The van der Waals surface area contributed by atoms with Crippen molar-refractivity contribution in [2.24, 2.45) is 0 Å². The van der Waals surface area contributed by atoms with Crippen molar-refractivity contribution in [2.75, 3.05) is 13.1 Å². The van der Waals surface area contributed by atoms with Crippen LogP contribution in [-0.2, 0) is 14.8 Å². The first-order valence-corrected chi connectivity index (χ1v) is 10.5. The first-order chi connectivity index (χ1) is 13.6. The number of sulfonamides is 1. The van der Waals surface area contributed by atoms with E-state index in [1.54, 1.807) is 18.2 Å². The SMILES string of the molecule is O=C(NCCNS(=O)(=O)c1ccccc1)C(c1ccccc1)c1ccccc1. The lowest BCUT2D eigenvalue weighted by Crippen LogP contribution is -2.37. The van der Waals surface area contributed by atoms with Gasteiger partial charge < -0.3 is 5.32 Å². The van der Waals surface area contributed by atoms with Crippen molar-refractivity contribution >= 4 is 15.9 Å². The number of hydrogen-bond donors (Lipinski definition) is 2. The van der Waals surface area contributed by atoms with Gasteiger partial charge in [-0.25, -0.2) is 13.1 Å². The van der Waals surface area contributed by atoms with Crippen LogP contribution in [0.3, 0.4) is 0 Å². The van der Waals surface area contributed by atoms with Gasteiger partial charge in [-0.2, -0.15) is 0 Å². The predicted octanol–water partition coefficient (Wildman–Crippen LogP) is 2.91. The minimum absolute atomic E-state index is 0.110. The maximum atomic E-state index is 12.9. The van der Waals surface area contributed by atoms with E-state index in [0.29, 0.717) is 0 Å². The van der Waals surface area contributed by atoms with Gasteiger partial charge in [-0.15, -0.1) is 0 Å². The van der Waals surface area contributed by atoms with E-state index in [2.05, 4.69) is 10.0 Å². The molecule has 0 fully saturated rings. The van der Waals surface area contributed by atoms with E-state index in [1.807, 2.05) is 60.7 Å². The van der Waals surface area contributed by atoms with E-state index in [0.717, 1.165) is 11.1 Å². The molecule has 6 heteroatoms. The molecule has 0 aromatic heterocycles. The third kappa shape index (κ3) is 5.06. The number of carbonyl (C=O) groups excluding carboxylic acids is 1. The molecule has 2 N–H and O–H groups in total. The molecule has 28 heavy (non-hydrogen) atoms. The molecule has 0 aliphatic carbocycles. The van der Waals surface area contributed by atoms with Crippen LogP contribution < -0.4 is 10.0 Å². The van der Waals surface area contributed by atoms with Gasteiger partial charge >= 0.3 is 0 Å². The maximum Gasteiger partial charge on any atom is 0.240 e. The zero-order valence-corrected chi connectivity index (χ0v) is 16.1. The Morgan fingerprint density at radius 1 is 0.714 bits per heavy atom. The fraction of sp³-hybridized carbons (Fsp3) is 0.136.